The van der Waals surface area contributed by atoms with Crippen LogP contribution in [0.25, 0.3) is 0 Å². The van der Waals surface area contributed by atoms with Crippen molar-refractivity contribution in [1.29, 1.82) is 5.26 Å². The van der Waals surface area contributed by atoms with Gasteiger partial charge in [0.1, 0.15) is 0 Å². The summed E-state index contributed by atoms with van der Waals surface area (Å²) in [6.07, 6.45) is 6.54. The predicted octanol–water partition coefficient (Wildman–Crippen LogP) is 5.60. The first-order valence-electron chi connectivity index (χ1n) is 9.79. The number of nitrogens with zero attached hydrogens (tertiary/aromatic N) is 3. The molecule has 141 valence electrons. The van der Waals surface area contributed by atoms with Gasteiger partial charge in [-0.05, 0) is 73.7 Å². The molecule has 2 aromatic rings. The third-order valence-corrected chi connectivity index (χ3v) is 6.26. The Morgan fingerprint density at radius 3 is 2.33 bits per heavy atom. The smallest absolute Gasteiger partial charge is 0.0329 e. The van der Waals surface area contributed by atoms with Gasteiger partial charge in [0.2, 0.25) is 0 Å². The SMILES string of the molecule is CCCN1[CH-]N(c2[c-]cc(C#N)cc2)c2cc3c(cc21)C1CCC3CC1.[Ir]. The van der Waals surface area contributed by atoms with E-state index in [1.807, 2.05) is 12.1 Å². The molecule has 27 heavy (non-hydrogen) atoms. The predicted molar refractivity (Wildman–Crippen MR) is 104 cm³/mol. The maximum atomic E-state index is 9.06. The number of nitriles is 1. The number of fused-ring (bicyclic) bond motifs is 3. The number of benzene rings is 2. The first kappa shape index (κ1) is 18.5. The summed E-state index contributed by atoms with van der Waals surface area (Å²) in [5.41, 5.74) is 7.44. The van der Waals surface area contributed by atoms with Crippen LogP contribution in [0, 0.1) is 24.1 Å². The monoisotopic (exact) mass is 534 g/mol. The van der Waals surface area contributed by atoms with Crippen molar-refractivity contribution in [2.24, 2.45) is 0 Å². The summed E-state index contributed by atoms with van der Waals surface area (Å²) >= 11 is 0. The van der Waals surface area contributed by atoms with Crippen LogP contribution in [0.2, 0.25) is 0 Å². The summed E-state index contributed by atoms with van der Waals surface area (Å²) in [7, 11) is 0. The van der Waals surface area contributed by atoms with E-state index in [2.05, 4.69) is 47.7 Å². The molecule has 1 saturated carbocycles. The Hall–Kier alpha value is -1.82. The molecule has 1 heterocycles. The summed E-state index contributed by atoms with van der Waals surface area (Å²) in [6.45, 7) is 5.45. The maximum absolute atomic E-state index is 9.06. The minimum absolute atomic E-state index is 0. The van der Waals surface area contributed by atoms with Crippen molar-refractivity contribution >= 4 is 17.1 Å². The standard InChI is InChI=1S/C23H23N3.Ir/c1-2-11-25-15-26(19-9-3-16(14-24)4-10-19)23-13-21-18-7-5-17(6-8-18)20(21)12-22(23)25;/h3-4,9,12-13,15,17-18H,2,5-8,11H2,1H3;/q-2;. The molecule has 0 aromatic heterocycles. The minimum Gasteiger partial charge on any atom is -0.501 e. The minimum atomic E-state index is 0. The van der Waals surface area contributed by atoms with Crippen molar-refractivity contribution in [2.45, 2.75) is 50.9 Å². The van der Waals surface area contributed by atoms with Gasteiger partial charge in [0, 0.05) is 37.5 Å². The fourth-order valence-electron chi connectivity index (χ4n) is 4.97. The molecule has 1 fully saturated rings. The van der Waals surface area contributed by atoms with Crippen LogP contribution in [-0.4, -0.2) is 6.54 Å². The van der Waals surface area contributed by atoms with Crippen molar-refractivity contribution in [3.8, 4) is 6.07 Å². The largest absolute Gasteiger partial charge is 0.501 e. The van der Waals surface area contributed by atoms with Crippen molar-refractivity contribution < 1.29 is 20.1 Å². The molecule has 1 radical (unpaired) electrons. The van der Waals surface area contributed by atoms with Gasteiger partial charge >= 0.3 is 0 Å². The molecule has 3 nitrogen and oxygen atoms in total. The third kappa shape index (κ3) is 2.98. The molecule has 0 amide bonds. The average molecular weight is 534 g/mol. The Morgan fingerprint density at radius 1 is 1.11 bits per heavy atom. The molecule has 0 unspecified atom stereocenters. The van der Waals surface area contributed by atoms with E-state index in [0.29, 0.717) is 5.56 Å². The quantitative estimate of drug-likeness (QED) is 0.482. The molecule has 2 bridgehead atoms. The second-order valence-electron chi connectivity index (χ2n) is 7.77. The summed E-state index contributed by atoms with van der Waals surface area (Å²) in [5, 5.41) is 9.06. The number of hydrogen-bond acceptors (Lipinski definition) is 3. The molecule has 4 aliphatic rings. The van der Waals surface area contributed by atoms with Crippen LogP contribution < -0.4 is 9.80 Å². The van der Waals surface area contributed by atoms with Gasteiger partial charge in [-0.1, -0.05) is 12.5 Å². The van der Waals surface area contributed by atoms with E-state index >= 15 is 0 Å². The zero-order valence-corrected chi connectivity index (χ0v) is 17.9. The molecule has 0 N–H and O–H groups in total. The Labute approximate surface area is 175 Å². The van der Waals surface area contributed by atoms with Crippen LogP contribution in [0.15, 0.2) is 30.3 Å². The van der Waals surface area contributed by atoms with Crippen molar-refractivity contribution in [2.75, 3.05) is 16.3 Å². The number of hydrogen-bond donors (Lipinski definition) is 0. The van der Waals surface area contributed by atoms with Crippen LogP contribution in [0.3, 0.4) is 0 Å². The summed E-state index contributed by atoms with van der Waals surface area (Å²) in [5.74, 6) is 1.51. The van der Waals surface area contributed by atoms with Crippen LogP contribution in [0.1, 0.15) is 67.6 Å². The van der Waals surface area contributed by atoms with E-state index in [4.69, 9.17) is 5.26 Å². The van der Waals surface area contributed by atoms with Crippen molar-refractivity contribution in [1.82, 2.24) is 0 Å². The fraction of sp³-hybridized carbons (Fsp3) is 0.391. The molecular formula is C23H23IrN3-2. The van der Waals surface area contributed by atoms with Crippen molar-refractivity contribution in [3.05, 3.63) is 59.8 Å². The fourth-order valence-corrected chi connectivity index (χ4v) is 4.97. The molecule has 3 aliphatic carbocycles. The van der Waals surface area contributed by atoms with Crippen LogP contribution in [-0.2, 0) is 20.1 Å². The van der Waals surface area contributed by atoms with Gasteiger partial charge in [0.05, 0.1) is 0 Å². The molecular weight excluding hydrogens is 510 g/mol. The zero-order chi connectivity index (χ0) is 17.7. The molecule has 0 atom stereocenters. The van der Waals surface area contributed by atoms with Crippen LogP contribution >= 0.6 is 0 Å². The Morgan fingerprint density at radius 2 is 1.78 bits per heavy atom. The van der Waals surface area contributed by atoms with E-state index in [9.17, 15) is 0 Å². The molecule has 2 aromatic carbocycles. The Kier molecular flexibility index (Phi) is 5.01. The Balaban J connectivity index is 0.00000180. The van der Waals surface area contributed by atoms with Crippen LogP contribution in [0.5, 0.6) is 0 Å². The second kappa shape index (κ2) is 7.30. The van der Waals surface area contributed by atoms with Crippen molar-refractivity contribution in [3.63, 3.8) is 0 Å². The van der Waals surface area contributed by atoms with Gasteiger partial charge in [-0.25, -0.2) is 5.26 Å². The first-order chi connectivity index (χ1) is 12.8. The number of anilines is 3. The maximum Gasteiger partial charge on any atom is 0.0329 e. The third-order valence-electron chi connectivity index (χ3n) is 6.26. The summed E-state index contributed by atoms with van der Waals surface area (Å²) in [6, 6.07) is 16.0. The second-order valence-corrected chi connectivity index (χ2v) is 7.77. The van der Waals surface area contributed by atoms with Gasteiger partial charge < -0.3 is 9.80 Å². The van der Waals surface area contributed by atoms with E-state index in [-0.39, 0.29) is 20.1 Å². The normalized spacial score (nSPS) is 22.1. The van der Waals surface area contributed by atoms with Gasteiger partial charge in [-0.2, -0.15) is 24.9 Å². The summed E-state index contributed by atoms with van der Waals surface area (Å²) in [4.78, 5) is 4.62. The van der Waals surface area contributed by atoms with Gasteiger partial charge in [0.25, 0.3) is 0 Å². The topological polar surface area (TPSA) is 30.3 Å². The molecule has 6 rings (SSSR count). The van der Waals surface area contributed by atoms with E-state index in [1.54, 1.807) is 17.2 Å². The molecule has 0 spiro atoms. The average Bonchev–Trinajstić information content (AvgIpc) is 3.06. The molecule has 0 saturated heterocycles. The van der Waals surface area contributed by atoms with E-state index < -0.39 is 0 Å². The Bertz CT molecular complexity index is 876. The first-order valence-corrected chi connectivity index (χ1v) is 9.79. The van der Waals surface area contributed by atoms with Gasteiger partial charge in [-0.15, -0.1) is 11.8 Å². The summed E-state index contributed by atoms with van der Waals surface area (Å²) < 4.78 is 0. The van der Waals surface area contributed by atoms with Crippen LogP contribution in [0.4, 0.5) is 17.1 Å². The number of rotatable bonds is 3. The van der Waals surface area contributed by atoms with Gasteiger partial charge in [0.15, 0.2) is 0 Å². The zero-order valence-electron chi connectivity index (χ0n) is 15.5. The van der Waals surface area contributed by atoms with Gasteiger partial charge in [-0.3, -0.25) is 0 Å². The molecule has 4 heteroatoms. The van der Waals surface area contributed by atoms with E-state index in [1.165, 1.54) is 37.1 Å². The molecule has 1 aliphatic heterocycles. The van der Waals surface area contributed by atoms with E-state index in [0.717, 1.165) is 30.5 Å².